The summed E-state index contributed by atoms with van der Waals surface area (Å²) in [7, 11) is -6.08. The van der Waals surface area contributed by atoms with Crippen molar-refractivity contribution in [2.45, 2.75) is 6.92 Å². The molecule has 0 amide bonds. The zero-order valence-corrected chi connectivity index (χ0v) is 12.4. The number of aliphatic carboxylic acids is 1. The van der Waals surface area contributed by atoms with Crippen molar-refractivity contribution in [1.82, 2.24) is 0 Å². The van der Waals surface area contributed by atoms with E-state index in [1.54, 1.807) is 0 Å². The van der Waals surface area contributed by atoms with Gasteiger partial charge < -0.3 is 10.6 Å². The predicted molar refractivity (Wildman–Crippen MR) is 41.1 cm³/mol. The molecule has 3 N–H and O–H groups in total. The molecule has 0 rings (SSSR count). The second-order valence-corrected chi connectivity index (χ2v) is 2.11. The molecule has 2 radical (unpaired) electrons. The maximum Gasteiger partial charge on any atom is 2.00 e. The summed E-state index contributed by atoms with van der Waals surface area (Å²) in [6, 6.07) is 0. The first-order valence-corrected chi connectivity index (χ1v) is 4.25. The smallest absolute Gasteiger partial charge is 2.00 e. The molecule has 0 aromatic rings. The van der Waals surface area contributed by atoms with Crippen LogP contribution >= 0.6 is 0 Å². The summed E-state index contributed by atoms with van der Waals surface area (Å²) in [5.41, 5.74) is 0. The van der Waals surface area contributed by atoms with Gasteiger partial charge in [-0.2, -0.15) is 8.42 Å². The van der Waals surface area contributed by atoms with E-state index in [4.69, 9.17) is 36.3 Å². The molecule has 9 nitrogen and oxygen atoms in total. The molecule has 0 unspecified atom stereocenters. The van der Waals surface area contributed by atoms with E-state index in [0.717, 1.165) is 6.92 Å². The minimum Gasteiger partial charge on any atom is -2.00 e. The zero-order valence-electron chi connectivity index (χ0n) is 6.70. The SMILES string of the molecule is CC(=O)O.O=S(=O)(O)O.O=[Si]=O.[O-2].[Pb+2]. The Labute approximate surface area is 101 Å². The Morgan fingerprint density at radius 1 is 1.21 bits per heavy atom. The van der Waals surface area contributed by atoms with Crippen molar-refractivity contribution in [3.8, 4) is 0 Å². The average molecular weight is 441 g/mol. The molecule has 0 fully saturated rings. The van der Waals surface area contributed by atoms with Crippen LogP contribution in [0, 0.1) is 0 Å². The van der Waals surface area contributed by atoms with Crippen LogP contribution in [-0.2, 0) is 29.6 Å². The standard InChI is InChI=1S/C2H4O2.H2O4S.O2Si.O.Pb/c1-2(3)4;1-5(2,3)4;1-3-2;;/h1H3,(H,3,4);(H2,1,2,3,4);;;/q;;;-2;+2. The molecular formula is C2H6O9PbSSi. The molecule has 0 heterocycles. The molecule has 0 aliphatic rings. The fourth-order valence-corrected chi connectivity index (χ4v) is 0. The van der Waals surface area contributed by atoms with Crippen LogP contribution in [0.15, 0.2) is 0 Å². The number of carbonyl (C=O) groups is 1. The van der Waals surface area contributed by atoms with E-state index in [9.17, 15) is 0 Å². The Bertz CT molecular complexity index is 228. The molecule has 0 bridgehead atoms. The molecular weight excluding hydrogens is 435 g/mol. The van der Waals surface area contributed by atoms with Crippen LogP contribution < -0.4 is 0 Å². The van der Waals surface area contributed by atoms with Crippen molar-refractivity contribution in [2.75, 3.05) is 0 Å². The Hall–Kier alpha value is 0.0390. The second kappa shape index (κ2) is 18.8. The van der Waals surface area contributed by atoms with Crippen LogP contribution in [0.25, 0.3) is 0 Å². The molecule has 0 atom stereocenters. The number of carboxylic acid groups (broad SMARTS) is 1. The van der Waals surface area contributed by atoms with E-state index in [1.165, 1.54) is 0 Å². The van der Waals surface area contributed by atoms with Crippen LogP contribution in [0.2, 0.25) is 0 Å². The topological polar surface area (TPSA) is 175 Å². The van der Waals surface area contributed by atoms with E-state index in [0.29, 0.717) is 0 Å². The van der Waals surface area contributed by atoms with Gasteiger partial charge in [-0.15, -0.1) is 0 Å². The molecule has 0 spiro atoms. The molecule has 0 saturated carbocycles. The van der Waals surface area contributed by atoms with Crippen molar-refractivity contribution in [3.63, 3.8) is 0 Å². The number of carboxylic acids is 1. The number of rotatable bonds is 0. The van der Waals surface area contributed by atoms with Gasteiger partial charge in [-0.25, -0.2) is 0 Å². The summed E-state index contributed by atoms with van der Waals surface area (Å²) >= 11 is 0. The quantitative estimate of drug-likeness (QED) is 0.295. The fraction of sp³-hybridized carbons (Fsp3) is 0.500. The second-order valence-electron chi connectivity index (χ2n) is 1.05. The van der Waals surface area contributed by atoms with Gasteiger partial charge in [0.2, 0.25) is 0 Å². The van der Waals surface area contributed by atoms with Gasteiger partial charge in [-0.05, 0) is 0 Å². The molecule has 0 aliphatic heterocycles. The first-order chi connectivity index (χ1) is 5.15. The third-order valence-corrected chi connectivity index (χ3v) is 0. The maximum absolute atomic E-state index is 9.00. The van der Waals surface area contributed by atoms with E-state index in [1.807, 2.05) is 0 Å². The molecule has 12 heteroatoms. The zero-order chi connectivity index (χ0) is 10.8. The van der Waals surface area contributed by atoms with E-state index in [-0.39, 0.29) is 32.8 Å². The predicted octanol–water partition coefficient (Wildman–Crippen LogP) is -1.68. The van der Waals surface area contributed by atoms with Crippen LogP contribution in [0.5, 0.6) is 0 Å². The Kier molecular flexibility index (Phi) is 39.1. The molecule has 0 aromatic carbocycles. The van der Waals surface area contributed by atoms with E-state index in [2.05, 4.69) is 0 Å². The first kappa shape index (κ1) is 29.2. The number of hydrogen-bond acceptors (Lipinski definition) is 5. The van der Waals surface area contributed by atoms with Crippen molar-refractivity contribution < 1.29 is 41.8 Å². The van der Waals surface area contributed by atoms with Crippen LogP contribution in [0.1, 0.15) is 6.92 Å². The van der Waals surface area contributed by atoms with Crippen LogP contribution in [-0.4, -0.2) is 65.2 Å². The third-order valence-electron chi connectivity index (χ3n) is 0. The van der Waals surface area contributed by atoms with Crippen molar-refractivity contribution in [2.24, 2.45) is 0 Å². The summed E-state index contributed by atoms with van der Waals surface area (Å²) < 4.78 is 48.4. The Morgan fingerprint density at radius 3 is 1.21 bits per heavy atom. The van der Waals surface area contributed by atoms with Gasteiger partial charge in [0, 0.05) is 6.92 Å². The third kappa shape index (κ3) is 966000. The maximum atomic E-state index is 9.00. The number of hydrogen-bond donors (Lipinski definition) is 3. The molecule has 14 heavy (non-hydrogen) atoms. The van der Waals surface area contributed by atoms with Gasteiger partial charge in [0.25, 0.3) is 5.97 Å². The summed E-state index contributed by atoms with van der Waals surface area (Å²) in [5.74, 6) is -0.833. The van der Waals surface area contributed by atoms with E-state index >= 15 is 0 Å². The summed E-state index contributed by atoms with van der Waals surface area (Å²) in [4.78, 5) is 9.00. The summed E-state index contributed by atoms with van der Waals surface area (Å²) in [5, 5.41) is 7.42. The minimum atomic E-state index is -4.67. The van der Waals surface area contributed by atoms with Gasteiger partial charge in [0.15, 0.2) is 0 Å². The minimum absolute atomic E-state index is 0. The first-order valence-electron chi connectivity index (χ1n) is 2.03. The van der Waals surface area contributed by atoms with Crippen LogP contribution in [0.4, 0.5) is 0 Å². The normalized spacial score (nSPS) is 6.50. The van der Waals surface area contributed by atoms with Crippen molar-refractivity contribution in [1.29, 1.82) is 0 Å². The van der Waals surface area contributed by atoms with Gasteiger partial charge in [-0.1, -0.05) is 0 Å². The van der Waals surface area contributed by atoms with Crippen LogP contribution in [0.3, 0.4) is 0 Å². The largest absolute Gasteiger partial charge is 2.00 e. The van der Waals surface area contributed by atoms with Gasteiger partial charge in [-0.3, -0.25) is 22.8 Å². The molecule has 0 aliphatic carbocycles. The fourth-order valence-electron chi connectivity index (χ4n) is 0. The summed E-state index contributed by atoms with van der Waals surface area (Å²) in [6.07, 6.45) is 0. The Balaban J connectivity index is -0.0000000278. The average Bonchev–Trinajstić information content (AvgIpc) is 1.56. The van der Waals surface area contributed by atoms with Crippen molar-refractivity contribution >= 4 is 53.0 Å². The monoisotopic (exact) mass is 442 g/mol. The van der Waals surface area contributed by atoms with Crippen molar-refractivity contribution in [3.05, 3.63) is 0 Å². The molecule has 0 aromatic heterocycles. The van der Waals surface area contributed by atoms with Gasteiger partial charge in [0.05, 0.1) is 0 Å². The molecule has 82 valence electrons. The van der Waals surface area contributed by atoms with Gasteiger partial charge in [0.1, 0.15) is 0 Å². The van der Waals surface area contributed by atoms with Gasteiger partial charge >= 0.3 is 47.0 Å². The molecule has 0 saturated heterocycles. The van der Waals surface area contributed by atoms with E-state index < -0.39 is 25.7 Å². The Morgan fingerprint density at radius 2 is 1.21 bits per heavy atom. The summed E-state index contributed by atoms with van der Waals surface area (Å²) in [6.45, 7) is 1.08.